The molecule has 4 aliphatic carbocycles. The molecule has 0 radical (unpaired) electrons. The lowest BCUT2D eigenvalue weighted by Crippen LogP contribution is -2.84. The molecule has 2 aromatic rings. The van der Waals surface area contributed by atoms with Gasteiger partial charge in [0, 0.05) is 40.3 Å². The van der Waals surface area contributed by atoms with Crippen LogP contribution in [-0.4, -0.2) is 63.7 Å². The van der Waals surface area contributed by atoms with E-state index in [4.69, 9.17) is 9.47 Å². The van der Waals surface area contributed by atoms with Gasteiger partial charge in [-0.15, -0.1) is 0 Å². The predicted molar refractivity (Wildman–Crippen MR) is 133 cm³/mol. The molecule has 192 valence electrons. The van der Waals surface area contributed by atoms with Crippen molar-refractivity contribution in [3.05, 3.63) is 30.0 Å². The lowest BCUT2D eigenvalue weighted by atomic mass is 9.44. The number of aromatic nitrogens is 1. The van der Waals surface area contributed by atoms with E-state index in [9.17, 15) is 14.4 Å². The summed E-state index contributed by atoms with van der Waals surface area (Å²) in [6.45, 7) is 5.52. The van der Waals surface area contributed by atoms with Crippen LogP contribution in [0.25, 0.3) is 10.9 Å². The zero-order valence-corrected chi connectivity index (χ0v) is 21.3. The fourth-order valence-electron chi connectivity index (χ4n) is 6.62. The minimum absolute atomic E-state index is 0.0154. The van der Waals surface area contributed by atoms with Gasteiger partial charge >= 0.3 is 6.09 Å². The van der Waals surface area contributed by atoms with Gasteiger partial charge in [0.05, 0.1) is 13.5 Å². The quantitative estimate of drug-likeness (QED) is 0.572. The number of nitrogens with zero attached hydrogens (tertiary/aromatic N) is 1. The minimum atomic E-state index is -0.594. The summed E-state index contributed by atoms with van der Waals surface area (Å²) in [6.07, 6.45) is 5.61. The second-order valence-corrected chi connectivity index (χ2v) is 12.2. The number of methoxy groups -OCH3 is 1. The maximum absolute atomic E-state index is 13.2. The number of carbonyl (C=O) groups is 3. The summed E-state index contributed by atoms with van der Waals surface area (Å²) in [5.41, 5.74) is 0.788. The summed E-state index contributed by atoms with van der Waals surface area (Å²) in [5.74, 6) is 1.06. The highest BCUT2D eigenvalue weighted by Crippen LogP contribution is 2.60. The van der Waals surface area contributed by atoms with E-state index in [0.717, 1.165) is 47.9 Å². The third kappa shape index (κ3) is 3.89. The topological polar surface area (TPSA) is 113 Å². The first-order valence-electron chi connectivity index (χ1n) is 12.8. The normalized spacial score (nSPS) is 31.7. The Labute approximate surface area is 210 Å². The highest BCUT2D eigenvalue weighted by Gasteiger charge is 2.70. The average molecular weight is 495 g/mol. The standard InChI is InChI=1S/C27H34N4O5/c1-25(2,3)36-24(34)31-20-7-15(20)8-21(31)23(33)30-27-12-26(13-27,14-27)29-22(32)9-16-11-28-19-10-17(35-4)5-6-18(16)19/h5-6,10-11,15,20-21,28H,7-9,12-14H2,1-4H3,(H,29,32)(H,30,33)/t15-,20-,21-,26?,27?/m1/s1. The number of amides is 3. The summed E-state index contributed by atoms with van der Waals surface area (Å²) < 4.78 is 10.8. The van der Waals surface area contributed by atoms with Crippen LogP contribution in [0.4, 0.5) is 4.79 Å². The van der Waals surface area contributed by atoms with E-state index in [1.807, 2.05) is 45.2 Å². The molecule has 3 amide bonds. The number of hydrogen-bond donors (Lipinski definition) is 3. The van der Waals surface area contributed by atoms with E-state index < -0.39 is 17.7 Å². The number of aromatic amines is 1. The molecule has 0 unspecified atom stereocenters. The van der Waals surface area contributed by atoms with Crippen molar-refractivity contribution in [2.24, 2.45) is 5.92 Å². The van der Waals surface area contributed by atoms with Crippen molar-refractivity contribution in [1.82, 2.24) is 20.5 Å². The molecule has 1 aromatic carbocycles. The molecule has 3 N–H and O–H groups in total. The highest BCUT2D eigenvalue weighted by atomic mass is 16.6. The number of rotatable bonds is 6. The van der Waals surface area contributed by atoms with Gasteiger partial charge in [-0.2, -0.15) is 0 Å². The molecule has 9 nitrogen and oxygen atoms in total. The van der Waals surface area contributed by atoms with E-state index in [1.165, 1.54) is 0 Å². The van der Waals surface area contributed by atoms with Gasteiger partial charge in [-0.25, -0.2) is 4.79 Å². The van der Waals surface area contributed by atoms with E-state index in [0.29, 0.717) is 18.8 Å². The Hall–Kier alpha value is -3.23. The molecule has 9 heteroatoms. The number of piperidine rings is 1. The first kappa shape index (κ1) is 23.2. The number of nitrogens with one attached hydrogen (secondary N) is 3. The fraction of sp³-hybridized carbons (Fsp3) is 0.593. The van der Waals surface area contributed by atoms with Crippen LogP contribution in [0.3, 0.4) is 0 Å². The number of H-pyrrole nitrogens is 1. The molecule has 0 spiro atoms. The van der Waals surface area contributed by atoms with Crippen molar-refractivity contribution in [2.75, 3.05) is 7.11 Å². The summed E-state index contributed by atoms with van der Waals surface area (Å²) >= 11 is 0. The van der Waals surface area contributed by atoms with Crippen molar-refractivity contribution in [3.63, 3.8) is 0 Å². The first-order chi connectivity index (χ1) is 17.0. The molecule has 2 bridgehead atoms. The van der Waals surface area contributed by atoms with Crippen molar-refractivity contribution in [3.8, 4) is 5.75 Å². The Kier molecular flexibility index (Phi) is 4.92. The number of hydrogen-bond acceptors (Lipinski definition) is 5. The Morgan fingerprint density at radius 1 is 1.11 bits per heavy atom. The molecular weight excluding hydrogens is 460 g/mol. The maximum Gasteiger partial charge on any atom is 0.411 e. The molecular formula is C27H34N4O5. The molecule has 1 aliphatic heterocycles. The maximum atomic E-state index is 13.2. The van der Waals surface area contributed by atoms with Crippen molar-refractivity contribution >= 4 is 28.8 Å². The average Bonchev–Trinajstić information content (AvgIpc) is 3.23. The van der Waals surface area contributed by atoms with Gasteiger partial charge in [0.25, 0.3) is 0 Å². The lowest BCUT2D eigenvalue weighted by Gasteiger charge is -2.70. The smallest absolute Gasteiger partial charge is 0.411 e. The van der Waals surface area contributed by atoms with Crippen LogP contribution in [0.15, 0.2) is 24.4 Å². The van der Waals surface area contributed by atoms with Crippen molar-refractivity contribution in [2.45, 2.75) is 88.1 Å². The third-order valence-corrected chi connectivity index (χ3v) is 8.16. The first-order valence-corrected chi connectivity index (χ1v) is 12.8. The third-order valence-electron chi connectivity index (χ3n) is 8.16. The molecule has 7 rings (SSSR count). The molecule has 3 atom stereocenters. The number of likely N-dealkylation sites (tertiary alicyclic amines) is 1. The molecule has 1 saturated heterocycles. The minimum Gasteiger partial charge on any atom is -0.497 e. The SMILES string of the molecule is COc1ccc2c(CC(=O)NC34CC(NC(=O)[C@H]5C[C@H]6C[C@H]6N5C(=O)OC(C)(C)C)(C3)C4)c[nH]c2c1. The van der Waals surface area contributed by atoms with Crippen molar-refractivity contribution < 1.29 is 23.9 Å². The lowest BCUT2D eigenvalue weighted by molar-refractivity contribution is -0.151. The molecule has 4 saturated carbocycles. The van der Waals surface area contributed by atoms with E-state index >= 15 is 0 Å². The number of fused-ring (bicyclic) bond motifs is 2. The van der Waals surface area contributed by atoms with Gasteiger partial charge < -0.3 is 25.1 Å². The van der Waals surface area contributed by atoms with E-state index in [2.05, 4.69) is 15.6 Å². The van der Waals surface area contributed by atoms with E-state index in [-0.39, 0.29) is 28.9 Å². The van der Waals surface area contributed by atoms with Gasteiger partial charge in [0.1, 0.15) is 17.4 Å². The van der Waals surface area contributed by atoms with Crippen LogP contribution >= 0.6 is 0 Å². The molecule has 36 heavy (non-hydrogen) atoms. The van der Waals surface area contributed by atoms with Gasteiger partial charge in [-0.05, 0) is 76.5 Å². The zero-order chi connectivity index (χ0) is 25.5. The number of ether oxygens (including phenoxy) is 2. The molecule has 5 fully saturated rings. The van der Waals surface area contributed by atoms with Gasteiger partial charge in [0.15, 0.2) is 0 Å². The molecule has 2 heterocycles. The summed E-state index contributed by atoms with van der Waals surface area (Å²) in [4.78, 5) is 43.6. The zero-order valence-electron chi connectivity index (χ0n) is 21.3. The fourth-order valence-corrected chi connectivity index (χ4v) is 6.62. The highest BCUT2D eigenvalue weighted by molar-refractivity contribution is 5.91. The Bertz CT molecular complexity index is 1240. The summed E-state index contributed by atoms with van der Waals surface area (Å²) in [5, 5.41) is 7.43. The van der Waals surface area contributed by atoms with Crippen LogP contribution < -0.4 is 15.4 Å². The Morgan fingerprint density at radius 2 is 1.83 bits per heavy atom. The van der Waals surface area contributed by atoms with Crippen LogP contribution in [0.2, 0.25) is 0 Å². The molecule has 5 aliphatic rings. The second-order valence-electron chi connectivity index (χ2n) is 12.2. The predicted octanol–water partition coefficient (Wildman–Crippen LogP) is 3.02. The van der Waals surface area contributed by atoms with Crippen LogP contribution in [0.1, 0.15) is 58.4 Å². The second kappa shape index (κ2) is 7.63. The summed E-state index contributed by atoms with van der Waals surface area (Å²) in [7, 11) is 1.63. The van der Waals surface area contributed by atoms with Crippen LogP contribution in [0, 0.1) is 5.92 Å². The monoisotopic (exact) mass is 494 g/mol. The largest absolute Gasteiger partial charge is 0.497 e. The van der Waals surface area contributed by atoms with Gasteiger partial charge in [-0.3, -0.25) is 14.5 Å². The van der Waals surface area contributed by atoms with Crippen molar-refractivity contribution in [1.29, 1.82) is 0 Å². The Balaban J connectivity index is 1.02. The van der Waals surface area contributed by atoms with Gasteiger partial charge in [0.2, 0.25) is 11.8 Å². The number of benzene rings is 1. The van der Waals surface area contributed by atoms with Crippen LogP contribution in [-0.2, 0) is 20.7 Å². The van der Waals surface area contributed by atoms with Gasteiger partial charge in [-0.1, -0.05) is 0 Å². The summed E-state index contributed by atoms with van der Waals surface area (Å²) in [6, 6.07) is 5.43. The molecule has 1 aromatic heterocycles. The van der Waals surface area contributed by atoms with Crippen LogP contribution in [0.5, 0.6) is 5.75 Å². The Morgan fingerprint density at radius 3 is 2.53 bits per heavy atom. The van der Waals surface area contributed by atoms with E-state index in [1.54, 1.807) is 12.0 Å². The number of carbonyl (C=O) groups excluding carboxylic acids is 3.